The molecular weight excluding hydrogens is 292 g/mol. The zero-order chi connectivity index (χ0) is 16.8. The van der Waals surface area contributed by atoms with E-state index in [0.29, 0.717) is 36.9 Å². The molecule has 0 N–H and O–H groups in total. The van der Waals surface area contributed by atoms with Crippen LogP contribution < -0.4 is 0 Å². The summed E-state index contributed by atoms with van der Waals surface area (Å²) in [5.41, 5.74) is 2.46. The van der Waals surface area contributed by atoms with Crippen molar-refractivity contribution in [2.75, 3.05) is 0 Å². The Morgan fingerprint density at radius 3 is 2.65 bits per heavy atom. The Morgan fingerprint density at radius 1 is 1.30 bits per heavy atom. The van der Waals surface area contributed by atoms with Crippen molar-refractivity contribution in [1.29, 1.82) is 0 Å². The molecular formula is C17H22N4O2. The zero-order valence-corrected chi connectivity index (χ0v) is 14.3. The first-order chi connectivity index (χ1) is 10.8. The maximum Gasteiger partial charge on any atom is 0.292 e. The number of aromatic nitrogens is 3. The number of aryl methyl sites for hydroxylation is 2. The molecule has 1 aliphatic heterocycles. The molecule has 0 bridgehead atoms. The van der Waals surface area contributed by atoms with Gasteiger partial charge < -0.3 is 9.32 Å². The number of rotatable bonds is 2. The van der Waals surface area contributed by atoms with Gasteiger partial charge >= 0.3 is 0 Å². The third kappa shape index (κ3) is 2.85. The van der Waals surface area contributed by atoms with Gasteiger partial charge in [0.2, 0.25) is 5.76 Å². The standard InChI is InChI=1S/C17H22N4O2/c1-6-13-19-10(2)14(23-13)15(22)21-8-11-7-18-16(17(3,4)5)20-12(11)9-21/h7H,6,8-9H2,1-5H3. The average molecular weight is 314 g/mol. The second-order valence-electron chi connectivity index (χ2n) is 6.95. The van der Waals surface area contributed by atoms with Gasteiger partial charge in [0, 0.05) is 30.1 Å². The predicted molar refractivity (Wildman–Crippen MR) is 84.9 cm³/mol. The van der Waals surface area contributed by atoms with Crippen molar-refractivity contribution in [2.24, 2.45) is 0 Å². The van der Waals surface area contributed by atoms with Crippen LogP contribution in [0.2, 0.25) is 0 Å². The van der Waals surface area contributed by atoms with Crippen LogP contribution in [0, 0.1) is 6.92 Å². The van der Waals surface area contributed by atoms with Gasteiger partial charge in [-0.15, -0.1) is 0 Å². The second-order valence-corrected chi connectivity index (χ2v) is 6.95. The molecule has 0 saturated carbocycles. The Morgan fingerprint density at radius 2 is 2.04 bits per heavy atom. The van der Waals surface area contributed by atoms with E-state index in [9.17, 15) is 4.79 Å². The molecule has 0 aromatic carbocycles. The molecule has 2 aromatic rings. The number of hydrogen-bond donors (Lipinski definition) is 0. The number of carbonyl (C=O) groups excluding carboxylic acids is 1. The molecule has 6 heteroatoms. The van der Waals surface area contributed by atoms with Gasteiger partial charge in [-0.2, -0.15) is 0 Å². The highest BCUT2D eigenvalue weighted by Crippen LogP contribution is 2.26. The fourth-order valence-corrected chi connectivity index (χ4v) is 2.60. The summed E-state index contributed by atoms with van der Waals surface area (Å²) in [6.07, 6.45) is 2.51. The van der Waals surface area contributed by atoms with Crippen LogP contribution in [0.25, 0.3) is 0 Å². The zero-order valence-electron chi connectivity index (χ0n) is 14.3. The molecule has 0 atom stereocenters. The lowest BCUT2D eigenvalue weighted by atomic mass is 9.95. The maximum atomic E-state index is 12.7. The first kappa shape index (κ1) is 15.6. The van der Waals surface area contributed by atoms with Crippen molar-refractivity contribution in [3.63, 3.8) is 0 Å². The minimum absolute atomic E-state index is 0.107. The molecule has 2 aromatic heterocycles. The molecule has 122 valence electrons. The number of nitrogens with zero attached hydrogens (tertiary/aromatic N) is 4. The van der Waals surface area contributed by atoms with E-state index in [4.69, 9.17) is 4.42 Å². The normalized spacial score (nSPS) is 14.2. The van der Waals surface area contributed by atoms with Gasteiger partial charge in [-0.1, -0.05) is 27.7 Å². The Balaban J connectivity index is 1.84. The number of carbonyl (C=O) groups is 1. The molecule has 0 fully saturated rings. The van der Waals surface area contributed by atoms with E-state index in [-0.39, 0.29) is 11.3 Å². The fraction of sp³-hybridized carbons (Fsp3) is 0.529. The molecule has 3 heterocycles. The Bertz CT molecular complexity index is 758. The average Bonchev–Trinajstić information content (AvgIpc) is 3.07. The number of amides is 1. The van der Waals surface area contributed by atoms with Gasteiger partial charge in [0.1, 0.15) is 5.82 Å². The van der Waals surface area contributed by atoms with E-state index in [1.165, 1.54) is 0 Å². The predicted octanol–water partition coefficient (Wildman–Crippen LogP) is 2.79. The number of fused-ring (bicyclic) bond motifs is 1. The van der Waals surface area contributed by atoms with E-state index < -0.39 is 0 Å². The summed E-state index contributed by atoms with van der Waals surface area (Å²) in [4.78, 5) is 27.8. The van der Waals surface area contributed by atoms with Gasteiger partial charge in [-0.05, 0) is 6.92 Å². The number of hydrogen-bond acceptors (Lipinski definition) is 5. The van der Waals surface area contributed by atoms with Crippen LogP contribution in [0.1, 0.15) is 66.9 Å². The third-order valence-corrected chi connectivity index (χ3v) is 3.95. The quantitative estimate of drug-likeness (QED) is 0.852. The maximum absolute atomic E-state index is 12.7. The van der Waals surface area contributed by atoms with Gasteiger partial charge in [0.05, 0.1) is 17.9 Å². The molecule has 0 spiro atoms. The lowest BCUT2D eigenvalue weighted by Gasteiger charge is -2.16. The van der Waals surface area contributed by atoms with E-state index in [1.807, 2.05) is 13.1 Å². The molecule has 23 heavy (non-hydrogen) atoms. The summed E-state index contributed by atoms with van der Waals surface area (Å²) in [7, 11) is 0. The van der Waals surface area contributed by atoms with Crippen molar-refractivity contribution >= 4 is 5.91 Å². The molecule has 1 aliphatic rings. The van der Waals surface area contributed by atoms with E-state index in [0.717, 1.165) is 17.1 Å². The highest BCUT2D eigenvalue weighted by atomic mass is 16.4. The van der Waals surface area contributed by atoms with E-state index in [1.54, 1.807) is 11.8 Å². The van der Waals surface area contributed by atoms with Crippen molar-refractivity contribution in [3.05, 3.63) is 40.6 Å². The highest BCUT2D eigenvalue weighted by Gasteiger charge is 2.30. The van der Waals surface area contributed by atoms with Crippen LogP contribution in [0.5, 0.6) is 0 Å². The fourth-order valence-electron chi connectivity index (χ4n) is 2.60. The van der Waals surface area contributed by atoms with Gasteiger partial charge in [-0.25, -0.2) is 15.0 Å². The molecule has 0 unspecified atom stereocenters. The van der Waals surface area contributed by atoms with Crippen LogP contribution in [0.3, 0.4) is 0 Å². The van der Waals surface area contributed by atoms with Crippen molar-refractivity contribution in [3.8, 4) is 0 Å². The molecule has 1 amide bonds. The number of oxazole rings is 1. The Labute approximate surface area is 136 Å². The summed E-state index contributed by atoms with van der Waals surface area (Å²) in [5, 5.41) is 0. The Hall–Kier alpha value is -2.24. The monoisotopic (exact) mass is 314 g/mol. The Kier molecular flexibility index (Phi) is 3.70. The summed E-state index contributed by atoms with van der Waals surface area (Å²) in [6, 6.07) is 0. The van der Waals surface area contributed by atoms with Crippen LogP contribution in [0.15, 0.2) is 10.6 Å². The topological polar surface area (TPSA) is 72.1 Å². The lowest BCUT2D eigenvalue weighted by molar-refractivity contribution is 0.0715. The first-order valence-corrected chi connectivity index (χ1v) is 7.90. The van der Waals surface area contributed by atoms with Crippen LogP contribution in [-0.4, -0.2) is 25.8 Å². The largest absolute Gasteiger partial charge is 0.435 e. The van der Waals surface area contributed by atoms with Gasteiger partial charge in [0.25, 0.3) is 5.91 Å². The van der Waals surface area contributed by atoms with Crippen molar-refractivity contribution < 1.29 is 9.21 Å². The SMILES string of the molecule is CCc1nc(C)c(C(=O)N2Cc3cnc(C(C)(C)C)nc3C2)o1. The van der Waals surface area contributed by atoms with Gasteiger partial charge in [0.15, 0.2) is 5.89 Å². The molecule has 0 saturated heterocycles. The summed E-state index contributed by atoms with van der Waals surface area (Å²) >= 11 is 0. The van der Waals surface area contributed by atoms with E-state index >= 15 is 0 Å². The minimum Gasteiger partial charge on any atom is -0.435 e. The molecule has 0 radical (unpaired) electrons. The molecule has 0 aliphatic carbocycles. The smallest absolute Gasteiger partial charge is 0.292 e. The third-order valence-electron chi connectivity index (χ3n) is 3.95. The summed E-state index contributed by atoms with van der Waals surface area (Å²) < 4.78 is 5.58. The second kappa shape index (κ2) is 5.44. The van der Waals surface area contributed by atoms with Crippen LogP contribution >= 0.6 is 0 Å². The first-order valence-electron chi connectivity index (χ1n) is 7.90. The van der Waals surface area contributed by atoms with Crippen molar-refractivity contribution in [2.45, 2.75) is 59.5 Å². The van der Waals surface area contributed by atoms with Crippen molar-refractivity contribution in [1.82, 2.24) is 19.9 Å². The lowest BCUT2D eigenvalue weighted by Crippen LogP contribution is -2.25. The highest BCUT2D eigenvalue weighted by molar-refractivity contribution is 5.92. The van der Waals surface area contributed by atoms with Gasteiger partial charge in [-0.3, -0.25) is 4.79 Å². The van der Waals surface area contributed by atoms with Crippen LogP contribution in [-0.2, 0) is 24.9 Å². The summed E-state index contributed by atoms with van der Waals surface area (Å²) in [6.45, 7) is 11.0. The van der Waals surface area contributed by atoms with E-state index in [2.05, 4.69) is 35.7 Å². The minimum atomic E-state index is -0.134. The van der Waals surface area contributed by atoms with Crippen LogP contribution in [0.4, 0.5) is 0 Å². The summed E-state index contributed by atoms with van der Waals surface area (Å²) in [5.74, 6) is 1.59. The molecule has 6 nitrogen and oxygen atoms in total. The molecule has 3 rings (SSSR count).